The molecule has 2 aromatic rings. The Morgan fingerprint density at radius 2 is 2.03 bits per heavy atom. The number of rotatable bonds is 6. The average molecular weight is 398 g/mol. The van der Waals surface area contributed by atoms with Crippen molar-refractivity contribution in [1.29, 1.82) is 0 Å². The second-order valence-electron chi connectivity index (χ2n) is 6.90. The Bertz CT molecular complexity index is 951. The molecule has 1 aliphatic heterocycles. The van der Waals surface area contributed by atoms with Gasteiger partial charge in [0.05, 0.1) is 0 Å². The summed E-state index contributed by atoms with van der Waals surface area (Å²) < 4.78 is 0. The van der Waals surface area contributed by atoms with Crippen molar-refractivity contribution in [3.8, 4) is 0 Å². The van der Waals surface area contributed by atoms with Gasteiger partial charge in [0.1, 0.15) is 11.7 Å². The van der Waals surface area contributed by atoms with Crippen molar-refractivity contribution in [3.05, 3.63) is 58.0 Å². The van der Waals surface area contributed by atoms with E-state index >= 15 is 0 Å². The van der Waals surface area contributed by atoms with E-state index in [0.717, 1.165) is 18.4 Å². The van der Waals surface area contributed by atoms with Crippen LogP contribution in [0.3, 0.4) is 0 Å². The predicted octanol–water partition coefficient (Wildman–Crippen LogP) is 1.42. The Morgan fingerprint density at radius 3 is 2.76 bits per heavy atom. The second-order valence-corrected chi connectivity index (χ2v) is 6.90. The van der Waals surface area contributed by atoms with Crippen LogP contribution in [0, 0.1) is 0 Å². The molecule has 1 aliphatic rings. The second kappa shape index (κ2) is 9.13. The smallest absolute Gasteiger partial charge is 0.303 e. The number of aromatic amines is 1. The molecule has 9 heteroatoms. The standard InChI is InChI=1S/C20H22N4O5/c25-17-9-8-15(22-23-17)20(29)24-11-2-1-6-16(24)19(28)21-14-5-3-4-13(12-14)7-10-18(26)27/h3-5,8-9,12,16H,1-2,6-7,10-11H2,(H,21,28)(H,23,25)(H,26,27). The Balaban J connectivity index is 1.72. The van der Waals surface area contributed by atoms with Crippen LogP contribution in [0.5, 0.6) is 0 Å². The van der Waals surface area contributed by atoms with Gasteiger partial charge in [0.25, 0.3) is 11.5 Å². The van der Waals surface area contributed by atoms with Crippen molar-refractivity contribution in [2.45, 2.75) is 38.1 Å². The van der Waals surface area contributed by atoms with Crippen LogP contribution in [0.25, 0.3) is 0 Å². The highest BCUT2D eigenvalue weighted by Crippen LogP contribution is 2.21. The molecule has 1 atom stereocenters. The van der Waals surface area contributed by atoms with Crippen LogP contribution in [0.1, 0.15) is 41.7 Å². The van der Waals surface area contributed by atoms with Crippen molar-refractivity contribution in [2.75, 3.05) is 11.9 Å². The number of piperidine rings is 1. The number of amides is 2. The molecular formula is C20H22N4O5. The van der Waals surface area contributed by atoms with Crippen molar-refractivity contribution in [1.82, 2.24) is 15.1 Å². The van der Waals surface area contributed by atoms with E-state index in [1.807, 2.05) is 0 Å². The van der Waals surface area contributed by atoms with Gasteiger partial charge in [-0.3, -0.25) is 19.2 Å². The number of nitrogens with one attached hydrogen (secondary N) is 2. The third-order valence-electron chi connectivity index (χ3n) is 4.79. The number of anilines is 1. The average Bonchev–Trinajstić information content (AvgIpc) is 2.72. The minimum absolute atomic E-state index is 0.00840. The van der Waals surface area contributed by atoms with Gasteiger partial charge in [-0.25, -0.2) is 5.10 Å². The first-order valence-corrected chi connectivity index (χ1v) is 9.42. The van der Waals surface area contributed by atoms with E-state index in [2.05, 4.69) is 15.5 Å². The van der Waals surface area contributed by atoms with Crippen LogP contribution in [-0.2, 0) is 16.0 Å². The fourth-order valence-electron chi connectivity index (χ4n) is 3.34. The Labute approximate surface area is 166 Å². The van der Waals surface area contributed by atoms with Crippen LogP contribution < -0.4 is 10.9 Å². The van der Waals surface area contributed by atoms with Crippen LogP contribution in [0.4, 0.5) is 5.69 Å². The third kappa shape index (κ3) is 5.28. The molecule has 29 heavy (non-hydrogen) atoms. The zero-order valence-corrected chi connectivity index (χ0v) is 15.8. The van der Waals surface area contributed by atoms with Gasteiger partial charge < -0.3 is 15.3 Å². The number of likely N-dealkylation sites (tertiary alicyclic amines) is 1. The first-order valence-electron chi connectivity index (χ1n) is 9.42. The number of aliphatic carboxylic acids is 1. The molecule has 3 rings (SSSR count). The fraction of sp³-hybridized carbons (Fsp3) is 0.350. The Morgan fingerprint density at radius 1 is 1.21 bits per heavy atom. The van der Waals surface area contributed by atoms with E-state index in [9.17, 15) is 19.2 Å². The summed E-state index contributed by atoms with van der Waals surface area (Å²) in [6, 6.07) is 8.93. The van der Waals surface area contributed by atoms with Gasteiger partial charge in [-0.05, 0) is 49.4 Å². The third-order valence-corrected chi connectivity index (χ3v) is 4.79. The van der Waals surface area contributed by atoms with E-state index < -0.39 is 23.5 Å². The van der Waals surface area contributed by atoms with Crippen molar-refractivity contribution < 1.29 is 19.5 Å². The Kier molecular flexibility index (Phi) is 6.38. The molecule has 2 heterocycles. The number of hydrogen-bond donors (Lipinski definition) is 3. The molecule has 0 aliphatic carbocycles. The number of nitrogens with zero attached hydrogens (tertiary/aromatic N) is 2. The quantitative estimate of drug-likeness (QED) is 0.674. The topological polar surface area (TPSA) is 132 Å². The van der Waals surface area contributed by atoms with Gasteiger partial charge >= 0.3 is 5.97 Å². The zero-order chi connectivity index (χ0) is 20.8. The van der Waals surface area contributed by atoms with Gasteiger partial charge in [-0.2, -0.15) is 5.10 Å². The van der Waals surface area contributed by atoms with Crippen molar-refractivity contribution in [3.63, 3.8) is 0 Å². The molecule has 1 fully saturated rings. The lowest BCUT2D eigenvalue weighted by Gasteiger charge is -2.34. The largest absolute Gasteiger partial charge is 0.481 e. The summed E-state index contributed by atoms with van der Waals surface area (Å²) in [5.41, 5.74) is 1.04. The summed E-state index contributed by atoms with van der Waals surface area (Å²) in [4.78, 5) is 49.0. The van der Waals surface area contributed by atoms with Crippen LogP contribution in [-0.4, -0.2) is 50.6 Å². The number of carboxylic acid groups (broad SMARTS) is 1. The molecule has 3 N–H and O–H groups in total. The molecule has 2 amide bonds. The highest BCUT2D eigenvalue weighted by atomic mass is 16.4. The van der Waals surface area contributed by atoms with E-state index in [1.165, 1.54) is 17.0 Å². The molecule has 0 radical (unpaired) electrons. The number of carbonyl (C=O) groups is 3. The predicted molar refractivity (Wildman–Crippen MR) is 105 cm³/mol. The molecule has 9 nitrogen and oxygen atoms in total. The number of benzene rings is 1. The SMILES string of the molecule is O=C(O)CCc1cccc(NC(=O)C2CCCCN2C(=O)c2ccc(=O)[nH]n2)c1. The first kappa shape index (κ1) is 20.2. The molecular weight excluding hydrogens is 376 g/mol. The van der Waals surface area contributed by atoms with Crippen LogP contribution in [0.15, 0.2) is 41.2 Å². The number of hydrogen-bond acceptors (Lipinski definition) is 5. The molecule has 1 aromatic heterocycles. The normalized spacial score (nSPS) is 16.3. The number of carbonyl (C=O) groups excluding carboxylic acids is 2. The zero-order valence-electron chi connectivity index (χ0n) is 15.8. The van der Waals surface area contributed by atoms with Gasteiger partial charge in [-0.1, -0.05) is 12.1 Å². The van der Waals surface area contributed by atoms with Crippen molar-refractivity contribution in [2.24, 2.45) is 0 Å². The summed E-state index contributed by atoms with van der Waals surface area (Å²) in [6.07, 6.45) is 2.50. The molecule has 152 valence electrons. The maximum atomic E-state index is 12.9. The molecule has 1 unspecified atom stereocenters. The minimum Gasteiger partial charge on any atom is -0.481 e. The van der Waals surface area contributed by atoms with Crippen molar-refractivity contribution >= 4 is 23.5 Å². The summed E-state index contributed by atoms with van der Waals surface area (Å²) in [6.45, 7) is 0.427. The van der Waals surface area contributed by atoms with Crippen LogP contribution in [0.2, 0.25) is 0 Å². The van der Waals surface area contributed by atoms with E-state index in [4.69, 9.17) is 5.11 Å². The van der Waals surface area contributed by atoms with E-state index in [1.54, 1.807) is 24.3 Å². The number of carboxylic acids is 1. The number of aryl methyl sites for hydroxylation is 1. The lowest BCUT2D eigenvalue weighted by Crippen LogP contribution is -2.50. The van der Waals surface area contributed by atoms with E-state index in [0.29, 0.717) is 25.1 Å². The molecule has 0 bridgehead atoms. The monoisotopic (exact) mass is 398 g/mol. The minimum atomic E-state index is -0.883. The Hall–Kier alpha value is -3.49. The summed E-state index contributed by atoms with van der Waals surface area (Å²) in [5, 5.41) is 17.6. The highest BCUT2D eigenvalue weighted by Gasteiger charge is 2.33. The number of H-pyrrole nitrogens is 1. The van der Waals surface area contributed by atoms with Gasteiger partial charge in [-0.15, -0.1) is 0 Å². The van der Waals surface area contributed by atoms with Gasteiger partial charge in [0, 0.05) is 24.7 Å². The molecule has 0 saturated carbocycles. The maximum absolute atomic E-state index is 12.9. The molecule has 0 spiro atoms. The van der Waals surface area contributed by atoms with Gasteiger partial charge in [0.15, 0.2) is 0 Å². The lowest BCUT2D eigenvalue weighted by atomic mass is 10.0. The molecule has 1 saturated heterocycles. The summed E-state index contributed by atoms with van der Waals surface area (Å²) in [7, 11) is 0. The molecule has 1 aromatic carbocycles. The first-order chi connectivity index (χ1) is 13.9. The highest BCUT2D eigenvalue weighted by molar-refractivity contribution is 6.00. The summed E-state index contributed by atoms with van der Waals surface area (Å²) >= 11 is 0. The number of aromatic nitrogens is 2. The fourth-order valence-corrected chi connectivity index (χ4v) is 3.34. The lowest BCUT2D eigenvalue weighted by molar-refractivity contribution is -0.137. The summed E-state index contributed by atoms with van der Waals surface area (Å²) in [5.74, 6) is -1.60. The maximum Gasteiger partial charge on any atom is 0.303 e. The van der Waals surface area contributed by atoms with E-state index in [-0.39, 0.29) is 18.0 Å². The van der Waals surface area contributed by atoms with Gasteiger partial charge in [0.2, 0.25) is 5.91 Å². The van der Waals surface area contributed by atoms with Crippen LogP contribution >= 0.6 is 0 Å².